The number of rotatable bonds is 3. The molecule has 0 aliphatic heterocycles. The number of hydrogen-bond acceptors (Lipinski definition) is 3. The second kappa shape index (κ2) is 5.09. The molecule has 0 unspecified atom stereocenters. The van der Waals surface area contributed by atoms with Gasteiger partial charge in [0, 0.05) is 25.9 Å². The Hall–Kier alpha value is -1.91. The third kappa shape index (κ3) is 3.38. The Kier molecular flexibility index (Phi) is 3.79. The Morgan fingerprint density at radius 3 is 2.80 bits per heavy atom. The smallest absolute Gasteiger partial charge is 0.321 e. The van der Waals surface area contributed by atoms with Crippen LogP contribution >= 0.6 is 0 Å². The number of carbonyl (C=O) groups excluding carboxylic acids is 2. The van der Waals surface area contributed by atoms with Gasteiger partial charge in [0.1, 0.15) is 0 Å². The molecule has 0 atom stereocenters. The average molecular weight is 207 g/mol. The molecule has 15 heavy (non-hydrogen) atoms. The first kappa shape index (κ1) is 11.2. The second-order valence-corrected chi connectivity index (χ2v) is 3.15. The van der Waals surface area contributed by atoms with E-state index < -0.39 is 6.03 Å². The largest absolute Gasteiger partial charge is 0.351 e. The van der Waals surface area contributed by atoms with Crippen LogP contribution in [0.1, 0.15) is 12.0 Å². The summed E-state index contributed by atoms with van der Waals surface area (Å²) in [6.07, 6.45) is 4.17. The molecule has 0 saturated heterocycles. The maximum Gasteiger partial charge on any atom is 0.321 e. The first-order valence-electron chi connectivity index (χ1n) is 4.56. The van der Waals surface area contributed by atoms with E-state index in [0.29, 0.717) is 6.42 Å². The number of primary amides is 1. The van der Waals surface area contributed by atoms with Crippen molar-refractivity contribution in [2.75, 3.05) is 7.05 Å². The van der Waals surface area contributed by atoms with Gasteiger partial charge in [-0.25, -0.2) is 4.79 Å². The number of nitrogens with zero attached hydrogens (tertiary/aromatic N) is 2. The van der Waals surface area contributed by atoms with Gasteiger partial charge in [0.15, 0.2) is 0 Å². The number of hydrogen-bond donors (Lipinski definition) is 1. The van der Waals surface area contributed by atoms with Crippen molar-refractivity contribution in [2.45, 2.75) is 12.8 Å². The molecule has 3 amide bonds. The minimum absolute atomic E-state index is 0.255. The van der Waals surface area contributed by atoms with Crippen LogP contribution in [0.25, 0.3) is 0 Å². The van der Waals surface area contributed by atoms with Crippen molar-refractivity contribution in [3.8, 4) is 0 Å². The zero-order valence-electron chi connectivity index (χ0n) is 8.51. The minimum atomic E-state index is -0.730. The Labute approximate surface area is 87.9 Å². The molecule has 1 rings (SSSR count). The van der Waals surface area contributed by atoms with E-state index in [0.717, 1.165) is 10.5 Å². The van der Waals surface area contributed by atoms with Crippen LogP contribution in [0.5, 0.6) is 0 Å². The summed E-state index contributed by atoms with van der Waals surface area (Å²) in [5.74, 6) is -0.286. The molecule has 0 fully saturated rings. The lowest BCUT2D eigenvalue weighted by Crippen LogP contribution is -2.37. The standard InChI is InChI=1S/C10H13N3O2/c1-13(10(11)15)9(14)5-4-8-3-2-6-12-7-8/h2-3,6-7H,4-5H2,1H3,(H2,11,15). The number of aromatic nitrogens is 1. The van der Waals surface area contributed by atoms with Crippen LogP contribution in [0.4, 0.5) is 4.79 Å². The molecular weight excluding hydrogens is 194 g/mol. The first-order chi connectivity index (χ1) is 7.11. The molecule has 0 aromatic carbocycles. The van der Waals surface area contributed by atoms with Gasteiger partial charge in [0.25, 0.3) is 0 Å². The molecule has 2 N–H and O–H groups in total. The van der Waals surface area contributed by atoms with Crippen molar-refractivity contribution in [3.63, 3.8) is 0 Å². The topological polar surface area (TPSA) is 76.3 Å². The monoisotopic (exact) mass is 207 g/mol. The van der Waals surface area contributed by atoms with E-state index >= 15 is 0 Å². The van der Waals surface area contributed by atoms with Gasteiger partial charge in [-0.1, -0.05) is 6.07 Å². The number of nitrogens with two attached hydrogens (primary N) is 1. The summed E-state index contributed by atoms with van der Waals surface area (Å²) in [5, 5.41) is 0. The van der Waals surface area contributed by atoms with Gasteiger partial charge < -0.3 is 5.73 Å². The SMILES string of the molecule is CN(C(N)=O)C(=O)CCc1cccnc1. The summed E-state index contributed by atoms with van der Waals surface area (Å²) >= 11 is 0. The van der Waals surface area contributed by atoms with Crippen molar-refractivity contribution in [3.05, 3.63) is 30.1 Å². The summed E-state index contributed by atoms with van der Waals surface area (Å²) < 4.78 is 0. The van der Waals surface area contributed by atoms with Crippen LogP contribution in [0.15, 0.2) is 24.5 Å². The van der Waals surface area contributed by atoms with Crippen LogP contribution in [0, 0.1) is 0 Å². The number of urea groups is 1. The normalized spacial score (nSPS) is 9.67. The van der Waals surface area contributed by atoms with Crippen LogP contribution in [0.2, 0.25) is 0 Å². The molecule has 1 heterocycles. The van der Waals surface area contributed by atoms with E-state index in [1.54, 1.807) is 18.5 Å². The molecule has 1 aromatic heterocycles. The molecule has 0 bridgehead atoms. The van der Waals surface area contributed by atoms with Gasteiger partial charge in [-0.3, -0.25) is 14.7 Å². The summed E-state index contributed by atoms with van der Waals surface area (Å²) in [6, 6.07) is 2.95. The maximum absolute atomic E-state index is 11.4. The van der Waals surface area contributed by atoms with E-state index in [-0.39, 0.29) is 12.3 Å². The van der Waals surface area contributed by atoms with Crippen LogP contribution in [-0.4, -0.2) is 28.9 Å². The number of amides is 3. The van der Waals surface area contributed by atoms with Gasteiger partial charge in [0.2, 0.25) is 5.91 Å². The number of imide groups is 1. The van der Waals surface area contributed by atoms with Gasteiger partial charge in [-0.05, 0) is 18.1 Å². The number of carbonyl (C=O) groups is 2. The van der Waals surface area contributed by atoms with E-state index in [2.05, 4.69) is 4.98 Å². The summed E-state index contributed by atoms with van der Waals surface area (Å²) in [7, 11) is 1.37. The fraction of sp³-hybridized carbons (Fsp3) is 0.300. The van der Waals surface area contributed by atoms with Gasteiger partial charge in [-0.15, -0.1) is 0 Å². The molecule has 0 aliphatic rings. The van der Waals surface area contributed by atoms with Crippen molar-refractivity contribution in [1.29, 1.82) is 0 Å². The Morgan fingerprint density at radius 1 is 1.53 bits per heavy atom. The predicted octanol–water partition coefficient (Wildman–Crippen LogP) is 0.551. The zero-order chi connectivity index (χ0) is 11.3. The summed E-state index contributed by atoms with van der Waals surface area (Å²) in [6.45, 7) is 0. The Morgan fingerprint density at radius 2 is 2.27 bits per heavy atom. The number of pyridine rings is 1. The molecule has 80 valence electrons. The fourth-order valence-electron chi connectivity index (χ4n) is 1.09. The molecule has 5 heteroatoms. The molecule has 0 aliphatic carbocycles. The van der Waals surface area contributed by atoms with Gasteiger partial charge in [-0.2, -0.15) is 0 Å². The summed E-state index contributed by atoms with van der Waals surface area (Å²) in [4.78, 5) is 26.9. The highest BCUT2D eigenvalue weighted by atomic mass is 16.2. The van der Waals surface area contributed by atoms with Crippen molar-refractivity contribution in [1.82, 2.24) is 9.88 Å². The highest BCUT2D eigenvalue weighted by Gasteiger charge is 2.12. The lowest BCUT2D eigenvalue weighted by molar-refractivity contribution is -0.127. The second-order valence-electron chi connectivity index (χ2n) is 3.15. The summed E-state index contributed by atoms with van der Waals surface area (Å²) in [5.41, 5.74) is 5.92. The third-order valence-corrected chi connectivity index (χ3v) is 2.06. The first-order valence-corrected chi connectivity index (χ1v) is 4.56. The maximum atomic E-state index is 11.4. The van der Waals surface area contributed by atoms with E-state index in [1.807, 2.05) is 6.07 Å². The molecular formula is C10H13N3O2. The van der Waals surface area contributed by atoms with Crippen LogP contribution in [0.3, 0.4) is 0 Å². The lowest BCUT2D eigenvalue weighted by Gasteiger charge is -2.11. The third-order valence-electron chi connectivity index (χ3n) is 2.06. The Bertz CT molecular complexity index is 351. The van der Waals surface area contributed by atoms with E-state index in [9.17, 15) is 9.59 Å². The Balaban J connectivity index is 2.44. The lowest BCUT2D eigenvalue weighted by atomic mass is 10.1. The van der Waals surface area contributed by atoms with Crippen molar-refractivity contribution < 1.29 is 9.59 Å². The van der Waals surface area contributed by atoms with Crippen molar-refractivity contribution >= 4 is 11.9 Å². The quantitative estimate of drug-likeness (QED) is 0.786. The molecule has 5 nitrogen and oxygen atoms in total. The van der Waals surface area contributed by atoms with Gasteiger partial charge >= 0.3 is 6.03 Å². The van der Waals surface area contributed by atoms with Gasteiger partial charge in [0.05, 0.1) is 0 Å². The number of aryl methyl sites for hydroxylation is 1. The average Bonchev–Trinajstić information content (AvgIpc) is 2.26. The predicted molar refractivity (Wildman–Crippen MR) is 54.9 cm³/mol. The molecule has 0 saturated carbocycles. The van der Waals surface area contributed by atoms with Crippen molar-refractivity contribution in [2.24, 2.45) is 5.73 Å². The highest BCUT2D eigenvalue weighted by Crippen LogP contribution is 2.02. The molecule has 0 spiro atoms. The minimum Gasteiger partial charge on any atom is -0.351 e. The zero-order valence-corrected chi connectivity index (χ0v) is 8.51. The molecule has 1 aromatic rings. The highest BCUT2D eigenvalue weighted by molar-refractivity contribution is 5.93. The fourth-order valence-corrected chi connectivity index (χ4v) is 1.09. The van der Waals surface area contributed by atoms with E-state index in [4.69, 9.17) is 5.73 Å². The molecule has 0 radical (unpaired) electrons. The van der Waals surface area contributed by atoms with E-state index in [1.165, 1.54) is 7.05 Å². The van der Waals surface area contributed by atoms with Crippen LogP contribution < -0.4 is 5.73 Å². The van der Waals surface area contributed by atoms with Crippen LogP contribution in [-0.2, 0) is 11.2 Å².